The van der Waals surface area contributed by atoms with E-state index in [0.29, 0.717) is 115 Å². The van der Waals surface area contributed by atoms with Gasteiger partial charge in [0.25, 0.3) is 0 Å². The van der Waals surface area contributed by atoms with Gasteiger partial charge < -0.3 is 38.1 Å². The number of ether oxygens (including phenoxy) is 7. The van der Waals surface area contributed by atoms with Crippen molar-refractivity contribution < 1.29 is 51.2 Å². The van der Waals surface area contributed by atoms with E-state index in [-0.39, 0.29) is 41.3 Å². The molecule has 1 atom stereocenters. The quantitative estimate of drug-likeness (QED) is 0.0806. The highest BCUT2D eigenvalue weighted by Crippen LogP contribution is 2.38. The number of rotatable bonds is 32. The summed E-state index contributed by atoms with van der Waals surface area (Å²) in [5, 5.41) is 1.23. The van der Waals surface area contributed by atoms with E-state index in [9.17, 15) is 18.0 Å². The average molecular weight is 833 g/mol. The minimum absolute atomic E-state index is 0.0163. The van der Waals surface area contributed by atoms with Crippen LogP contribution in [0.4, 0.5) is 0 Å². The summed E-state index contributed by atoms with van der Waals surface area (Å²) >= 11 is 12.8. The number of benzene rings is 2. The Morgan fingerprint density at radius 1 is 0.691 bits per heavy atom. The molecule has 2 aromatic rings. The maximum Gasteiger partial charge on any atom is 0.178 e. The molecular formula is C40H59Cl2NO11S. The van der Waals surface area contributed by atoms with Gasteiger partial charge in [0.1, 0.15) is 13.2 Å². The Balaban J connectivity index is 1.12. The third-order valence-corrected chi connectivity index (χ3v) is 11.1. The molecule has 0 saturated heterocycles. The molecule has 1 heterocycles. The maximum absolute atomic E-state index is 13.0. The van der Waals surface area contributed by atoms with E-state index in [4.69, 9.17) is 56.4 Å². The van der Waals surface area contributed by atoms with Crippen molar-refractivity contribution in [1.29, 1.82) is 0 Å². The van der Waals surface area contributed by atoms with Crippen LogP contribution in [0.1, 0.15) is 68.1 Å². The number of hydrogen-bond donors (Lipinski definition) is 0. The van der Waals surface area contributed by atoms with Crippen molar-refractivity contribution in [3.05, 3.63) is 63.1 Å². The predicted octanol–water partition coefficient (Wildman–Crippen LogP) is 5.96. The average Bonchev–Trinajstić information content (AvgIpc) is 3.15. The fourth-order valence-electron chi connectivity index (χ4n) is 5.90. The lowest BCUT2D eigenvalue weighted by Gasteiger charge is -2.33. The fourth-order valence-corrected chi connectivity index (χ4v) is 7.75. The van der Waals surface area contributed by atoms with Crippen LogP contribution >= 0.6 is 23.2 Å². The first-order valence-corrected chi connectivity index (χ1v) is 21.6. The highest BCUT2D eigenvalue weighted by molar-refractivity contribution is 7.91. The van der Waals surface area contributed by atoms with Crippen LogP contribution in [0, 0.1) is 0 Å². The van der Waals surface area contributed by atoms with E-state index in [0.717, 1.165) is 42.8 Å². The molecule has 310 valence electrons. The van der Waals surface area contributed by atoms with Crippen LogP contribution < -0.4 is 0 Å². The number of halogens is 2. The molecule has 1 unspecified atom stereocenters. The molecular weight excluding hydrogens is 773 g/mol. The Morgan fingerprint density at radius 3 is 1.71 bits per heavy atom. The number of ketones is 2. The zero-order chi connectivity index (χ0) is 39.7. The first-order valence-electron chi connectivity index (χ1n) is 19.2. The van der Waals surface area contributed by atoms with Gasteiger partial charge in [0.2, 0.25) is 0 Å². The zero-order valence-corrected chi connectivity index (χ0v) is 34.7. The van der Waals surface area contributed by atoms with Gasteiger partial charge in [0.05, 0.1) is 63.5 Å². The largest absolute Gasteiger partial charge is 0.379 e. The van der Waals surface area contributed by atoms with Gasteiger partial charge in [0.15, 0.2) is 21.4 Å². The molecule has 0 aliphatic carbocycles. The molecule has 0 saturated carbocycles. The summed E-state index contributed by atoms with van der Waals surface area (Å²) < 4.78 is 63.9. The van der Waals surface area contributed by atoms with E-state index >= 15 is 0 Å². The first-order chi connectivity index (χ1) is 26.6. The molecule has 55 heavy (non-hydrogen) atoms. The van der Waals surface area contributed by atoms with E-state index < -0.39 is 9.84 Å². The van der Waals surface area contributed by atoms with Gasteiger partial charge in [-0.1, -0.05) is 42.3 Å². The van der Waals surface area contributed by atoms with Crippen LogP contribution in [0.25, 0.3) is 0 Å². The molecule has 0 amide bonds. The zero-order valence-electron chi connectivity index (χ0n) is 32.4. The Kier molecular flexibility index (Phi) is 23.8. The molecule has 0 spiro atoms. The Labute approximate surface area is 337 Å². The molecule has 15 heteroatoms. The van der Waals surface area contributed by atoms with Crippen molar-refractivity contribution in [1.82, 2.24) is 4.90 Å². The Hall–Kier alpha value is -2.01. The summed E-state index contributed by atoms with van der Waals surface area (Å²) in [7, 11) is -1.42. The molecule has 2 aromatic carbocycles. The summed E-state index contributed by atoms with van der Waals surface area (Å²) in [6, 6.07) is 10.8. The van der Waals surface area contributed by atoms with E-state index in [1.54, 1.807) is 18.2 Å². The van der Waals surface area contributed by atoms with Gasteiger partial charge in [-0.2, -0.15) is 0 Å². The smallest absolute Gasteiger partial charge is 0.178 e. The van der Waals surface area contributed by atoms with Crippen molar-refractivity contribution in [3.63, 3.8) is 0 Å². The summed E-state index contributed by atoms with van der Waals surface area (Å²) in [6.07, 6.45) is 3.15. The van der Waals surface area contributed by atoms with Crippen LogP contribution in [0.5, 0.6) is 0 Å². The second kappa shape index (κ2) is 27.6. The number of likely N-dealkylation sites (N-methyl/N-ethyl adjacent to an activating group) is 1. The number of nitrogens with zero attached hydrogens (tertiary/aromatic N) is 1. The number of carbonyl (C=O) groups is 2. The third kappa shape index (κ3) is 19.3. The first kappa shape index (κ1) is 47.4. The second-order valence-corrected chi connectivity index (χ2v) is 16.4. The second-order valence-electron chi connectivity index (χ2n) is 13.4. The fraction of sp³-hybridized carbons (Fsp3) is 0.650. The van der Waals surface area contributed by atoms with Gasteiger partial charge in [-0.25, -0.2) is 8.42 Å². The summed E-state index contributed by atoms with van der Waals surface area (Å²) in [4.78, 5) is 26.4. The molecule has 0 fully saturated rings. The number of Topliss-reactive ketones (excluding diaryl/α,β-unsaturated/α-hetero) is 2. The molecule has 12 nitrogen and oxygen atoms in total. The normalized spacial score (nSPS) is 14.7. The standard InChI is InChI=1S/C40H59Cl2NO11S/c1-3-13-48-17-21-52-22-18-49-14-4-7-34(44)30-54-31-35(45)8-5-15-50-19-23-53-24-20-51-16-6-25-55(46,47)36-11-9-32(10-12-36)38-28-43(2)29-39-37(38)26-33(41)27-40(39)42/h9-12,26-27,38H,3-8,13-25,28-31H2,1-2H3. The molecule has 0 aromatic heterocycles. The summed E-state index contributed by atoms with van der Waals surface area (Å²) in [5.74, 6) is -0.118. The van der Waals surface area contributed by atoms with Crippen molar-refractivity contribution >= 4 is 44.6 Å². The van der Waals surface area contributed by atoms with Gasteiger partial charge in [-0.15, -0.1) is 0 Å². The van der Waals surface area contributed by atoms with Crippen molar-refractivity contribution in [3.8, 4) is 0 Å². The lowest BCUT2D eigenvalue weighted by Crippen LogP contribution is -2.31. The molecule has 1 aliphatic rings. The van der Waals surface area contributed by atoms with Gasteiger partial charge in [0, 0.05) is 68.3 Å². The van der Waals surface area contributed by atoms with Crippen LogP contribution in [0.2, 0.25) is 10.0 Å². The van der Waals surface area contributed by atoms with E-state index in [1.165, 1.54) is 0 Å². The Morgan fingerprint density at radius 2 is 1.18 bits per heavy atom. The van der Waals surface area contributed by atoms with Gasteiger partial charge >= 0.3 is 0 Å². The molecule has 0 bridgehead atoms. The van der Waals surface area contributed by atoms with Crippen LogP contribution in [0.15, 0.2) is 41.3 Å². The minimum atomic E-state index is -3.46. The SMILES string of the molecule is CCCOCCOCCOCCCC(=O)COCC(=O)CCCOCCOCCOCCCS(=O)(=O)c1ccc(C2CN(C)Cc3c(Cl)cc(Cl)cc32)cc1. The van der Waals surface area contributed by atoms with Crippen LogP contribution in [-0.2, 0) is 59.1 Å². The predicted molar refractivity (Wildman–Crippen MR) is 212 cm³/mol. The van der Waals surface area contributed by atoms with Crippen LogP contribution in [-0.4, -0.2) is 137 Å². The summed E-state index contributed by atoms with van der Waals surface area (Å²) in [5.41, 5.74) is 3.14. The van der Waals surface area contributed by atoms with Crippen molar-refractivity contribution in [2.24, 2.45) is 0 Å². The third-order valence-electron chi connectivity index (χ3n) is 8.69. The highest BCUT2D eigenvalue weighted by Gasteiger charge is 2.27. The number of sulfone groups is 1. The highest BCUT2D eigenvalue weighted by atomic mass is 35.5. The number of hydrogen-bond acceptors (Lipinski definition) is 12. The van der Waals surface area contributed by atoms with Gasteiger partial charge in [-0.05, 0) is 73.7 Å². The topological polar surface area (TPSA) is 136 Å². The number of carbonyl (C=O) groups excluding carboxylic acids is 2. The van der Waals surface area contributed by atoms with Gasteiger partial charge in [-0.3, -0.25) is 9.59 Å². The lowest BCUT2D eigenvalue weighted by atomic mass is 9.85. The monoisotopic (exact) mass is 831 g/mol. The maximum atomic E-state index is 13.0. The van der Waals surface area contributed by atoms with Crippen LogP contribution in [0.3, 0.4) is 0 Å². The Bertz CT molecular complexity index is 1510. The lowest BCUT2D eigenvalue weighted by molar-refractivity contribution is -0.129. The van der Waals surface area contributed by atoms with E-state index in [2.05, 4.69) is 11.8 Å². The molecule has 0 N–H and O–H groups in total. The minimum Gasteiger partial charge on any atom is -0.379 e. The molecule has 3 rings (SSSR count). The van der Waals surface area contributed by atoms with Crippen molar-refractivity contribution in [2.45, 2.75) is 62.8 Å². The van der Waals surface area contributed by atoms with E-state index in [1.807, 2.05) is 25.2 Å². The summed E-state index contributed by atoms with van der Waals surface area (Å²) in [6.45, 7) is 8.87. The molecule has 1 aliphatic heterocycles. The molecule has 0 radical (unpaired) electrons. The van der Waals surface area contributed by atoms with Crippen molar-refractivity contribution in [2.75, 3.05) is 112 Å². The number of fused-ring (bicyclic) bond motifs is 1.